The highest BCUT2D eigenvalue weighted by molar-refractivity contribution is 5.63. The van der Waals surface area contributed by atoms with Crippen molar-refractivity contribution >= 4 is 5.69 Å². The molecule has 1 heterocycles. The van der Waals surface area contributed by atoms with Gasteiger partial charge in [0.2, 0.25) is 0 Å². The molecule has 0 spiro atoms. The maximum absolute atomic E-state index is 3.55. The average molecular weight is 260 g/mol. The third-order valence-corrected chi connectivity index (χ3v) is 4.22. The number of hydrogen-bond donors (Lipinski definition) is 1. The summed E-state index contributed by atoms with van der Waals surface area (Å²) in [4.78, 5) is 2.63. The highest BCUT2D eigenvalue weighted by Crippen LogP contribution is 2.37. The van der Waals surface area contributed by atoms with Crippen LogP contribution in [-0.4, -0.2) is 24.7 Å². The predicted octanol–water partition coefficient (Wildman–Crippen LogP) is 3.70. The van der Waals surface area contributed by atoms with Crippen LogP contribution in [0.15, 0.2) is 18.2 Å². The van der Waals surface area contributed by atoms with Crippen LogP contribution in [0.2, 0.25) is 0 Å². The molecule has 0 radical (unpaired) electrons. The minimum Gasteiger partial charge on any atom is -0.361 e. The lowest BCUT2D eigenvalue weighted by molar-refractivity contribution is 0.332. The average Bonchev–Trinajstić information content (AvgIpc) is 2.29. The number of aryl methyl sites for hydroxylation is 1. The Hall–Kier alpha value is -1.02. The topological polar surface area (TPSA) is 15.3 Å². The molecule has 1 aliphatic heterocycles. The van der Waals surface area contributed by atoms with Crippen LogP contribution < -0.4 is 10.2 Å². The number of nitrogens with one attached hydrogen (secondary N) is 1. The van der Waals surface area contributed by atoms with E-state index in [-0.39, 0.29) is 5.54 Å². The van der Waals surface area contributed by atoms with E-state index in [9.17, 15) is 0 Å². The summed E-state index contributed by atoms with van der Waals surface area (Å²) in [6, 6.07) is 7.25. The molecule has 1 aliphatic rings. The first-order valence-electron chi connectivity index (χ1n) is 7.44. The van der Waals surface area contributed by atoms with Crippen molar-refractivity contribution in [2.24, 2.45) is 0 Å². The molecule has 1 fully saturated rings. The number of benzene rings is 1. The van der Waals surface area contributed by atoms with Crippen molar-refractivity contribution < 1.29 is 0 Å². The first-order chi connectivity index (χ1) is 8.84. The summed E-state index contributed by atoms with van der Waals surface area (Å²) in [7, 11) is 0. The van der Waals surface area contributed by atoms with Crippen LogP contribution >= 0.6 is 0 Å². The van der Waals surface area contributed by atoms with E-state index in [0.717, 1.165) is 13.1 Å². The van der Waals surface area contributed by atoms with Gasteiger partial charge in [-0.3, -0.25) is 0 Å². The summed E-state index contributed by atoms with van der Waals surface area (Å²) in [5.74, 6) is 0.563. The van der Waals surface area contributed by atoms with Gasteiger partial charge in [0.05, 0.1) is 0 Å². The van der Waals surface area contributed by atoms with E-state index >= 15 is 0 Å². The van der Waals surface area contributed by atoms with E-state index in [1.807, 2.05) is 0 Å². The molecule has 1 N–H and O–H groups in total. The Labute approximate surface area is 118 Å². The second-order valence-corrected chi connectivity index (χ2v) is 6.83. The van der Waals surface area contributed by atoms with Crippen LogP contribution in [0.25, 0.3) is 0 Å². The minimum absolute atomic E-state index is 0.160. The molecule has 0 aromatic heterocycles. The third kappa shape index (κ3) is 2.64. The predicted molar refractivity (Wildman–Crippen MR) is 84.2 cm³/mol. The van der Waals surface area contributed by atoms with Gasteiger partial charge >= 0.3 is 0 Å². The lowest BCUT2D eigenvalue weighted by Gasteiger charge is -2.50. The number of piperazine rings is 1. The number of hydrogen-bond acceptors (Lipinski definition) is 2. The monoisotopic (exact) mass is 260 g/mol. The fourth-order valence-electron chi connectivity index (χ4n) is 3.36. The number of rotatable bonds is 2. The van der Waals surface area contributed by atoms with Gasteiger partial charge in [0, 0.05) is 30.4 Å². The number of nitrogens with zero attached hydrogens (tertiary/aromatic N) is 1. The van der Waals surface area contributed by atoms with Gasteiger partial charge in [-0.2, -0.15) is 0 Å². The van der Waals surface area contributed by atoms with Crippen molar-refractivity contribution in [2.45, 2.75) is 59.0 Å². The summed E-state index contributed by atoms with van der Waals surface area (Å²) < 4.78 is 0. The van der Waals surface area contributed by atoms with Crippen LogP contribution in [0.5, 0.6) is 0 Å². The maximum Gasteiger partial charge on any atom is 0.0474 e. The summed E-state index contributed by atoms with van der Waals surface area (Å²) in [6.45, 7) is 15.9. The highest BCUT2D eigenvalue weighted by Gasteiger charge is 2.36. The molecule has 19 heavy (non-hydrogen) atoms. The first kappa shape index (κ1) is 14.4. The Morgan fingerprint density at radius 3 is 2.58 bits per heavy atom. The zero-order valence-corrected chi connectivity index (χ0v) is 13.2. The van der Waals surface area contributed by atoms with Gasteiger partial charge < -0.3 is 10.2 Å². The molecule has 0 amide bonds. The standard InChI is InChI=1S/C17H28N2/c1-12(2)15-9-7-8-13(3)16(15)19-14(4)10-18-11-17(19,5)6/h7-9,12,14,18H,10-11H2,1-6H3. The molecule has 1 aromatic rings. The summed E-state index contributed by atoms with van der Waals surface area (Å²) in [5, 5.41) is 3.55. The fraction of sp³-hybridized carbons (Fsp3) is 0.647. The number of para-hydroxylation sites is 1. The Balaban J connectivity index is 2.55. The van der Waals surface area contributed by atoms with E-state index in [4.69, 9.17) is 0 Å². The molecule has 0 saturated carbocycles. The molecule has 1 saturated heterocycles. The molecular formula is C17H28N2. The minimum atomic E-state index is 0.160. The van der Waals surface area contributed by atoms with Crippen molar-refractivity contribution in [2.75, 3.05) is 18.0 Å². The van der Waals surface area contributed by atoms with E-state index in [1.54, 1.807) is 0 Å². The molecular weight excluding hydrogens is 232 g/mol. The molecule has 106 valence electrons. The second-order valence-electron chi connectivity index (χ2n) is 6.83. The van der Waals surface area contributed by atoms with Gasteiger partial charge in [0.1, 0.15) is 0 Å². The SMILES string of the molecule is Cc1cccc(C(C)C)c1N1C(C)CNCC1(C)C. The van der Waals surface area contributed by atoms with Gasteiger partial charge in [0.15, 0.2) is 0 Å². The van der Waals surface area contributed by atoms with Gasteiger partial charge in [-0.15, -0.1) is 0 Å². The van der Waals surface area contributed by atoms with Gasteiger partial charge in [-0.25, -0.2) is 0 Å². The van der Waals surface area contributed by atoms with Crippen molar-refractivity contribution in [1.82, 2.24) is 5.32 Å². The van der Waals surface area contributed by atoms with Gasteiger partial charge in [-0.05, 0) is 44.7 Å². The number of anilines is 1. The van der Waals surface area contributed by atoms with E-state index in [1.165, 1.54) is 16.8 Å². The van der Waals surface area contributed by atoms with Crippen molar-refractivity contribution in [3.8, 4) is 0 Å². The zero-order chi connectivity index (χ0) is 14.2. The highest BCUT2D eigenvalue weighted by atomic mass is 15.3. The fourth-order valence-corrected chi connectivity index (χ4v) is 3.36. The largest absolute Gasteiger partial charge is 0.361 e. The first-order valence-corrected chi connectivity index (χ1v) is 7.44. The van der Waals surface area contributed by atoms with Crippen molar-refractivity contribution in [1.29, 1.82) is 0 Å². The Kier molecular flexibility index (Phi) is 3.91. The van der Waals surface area contributed by atoms with Gasteiger partial charge in [0.25, 0.3) is 0 Å². The normalized spacial score (nSPS) is 22.9. The second kappa shape index (κ2) is 5.16. The molecule has 0 aliphatic carbocycles. The molecule has 2 heteroatoms. The Morgan fingerprint density at radius 2 is 2.00 bits per heavy atom. The lowest BCUT2D eigenvalue weighted by Crippen LogP contribution is -2.62. The van der Waals surface area contributed by atoms with E-state index < -0.39 is 0 Å². The molecule has 2 nitrogen and oxygen atoms in total. The summed E-state index contributed by atoms with van der Waals surface area (Å²) in [5.41, 5.74) is 4.49. The van der Waals surface area contributed by atoms with E-state index in [0.29, 0.717) is 12.0 Å². The summed E-state index contributed by atoms with van der Waals surface area (Å²) >= 11 is 0. The van der Waals surface area contributed by atoms with Crippen molar-refractivity contribution in [3.63, 3.8) is 0 Å². The van der Waals surface area contributed by atoms with Crippen LogP contribution in [0.4, 0.5) is 5.69 Å². The molecule has 1 aromatic carbocycles. The van der Waals surface area contributed by atoms with Gasteiger partial charge in [-0.1, -0.05) is 32.0 Å². The molecule has 2 rings (SSSR count). The Bertz CT molecular complexity index is 449. The van der Waals surface area contributed by atoms with Crippen LogP contribution in [-0.2, 0) is 0 Å². The Morgan fingerprint density at radius 1 is 1.32 bits per heavy atom. The quantitative estimate of drug-likeness (QED) is 0.872. The van der Waals surface area contributed by atoms with Crippen molar-refractivity contribution in [3.05, 3.63) is 29.3 Å². The van der Waals surface area contributed by atoms with Crippen LogP contribution in [0, 0.1) is 6.92 Å². The third-order valence-electron chi connectivity index (χ3n) is 4.22. The molecule has 0 bridgehead atoms. The maximum atomic E-state index is 3.55. The van der Waals surface area contributed by atoms with E-state index in [2.05, 4.69) is 70.0 Å². The molecule has 1 atom stereocenters. The summed E-state index contributed by atoms with van der Waals surface area (Å²) in [6.07, 6.45) is 0. The molecule has 1 unspecified atom stereocenters. The lowest BCUT2D eigenvalue weighted by atomic mass is 9.90. The van der Waals surface area contributed by atoms with Crippen LogP contribution in [0.1, 0.15) is 51.7 Å². The zero-order valence-electron chi connectivity index (χ0n) is 13.2. The smallest absolute Gasteiger partial charge is 0.0474 e. The van der Waals surface area contributed by atoms with Crippen LogP contribution in [0.3, 0.4) is 0 Å².